The van der Waals surface area contributed by atoms with Gasteiger partial charge in [0.1, 0.15) is 0 Å². The van der Waals surface area contributed by atoms with Gasteiger partial charge >= 0.3 is 0 Å². The highest BCUT2D eigenvalue weighted by molar-refractivity contribution is 5.94. The number of non-ortho nitro benzene ring substituents is 1. The average Bonchev–Trinajstić information content (AvgIpc) is 3.46. The van der Waals surface area contributed by atoms with E-state index in [1.807, 2.05) is 12.1 Å². The highest BCUT2D eigenvalue weighted by Crippen LogP contribution is 2.30. The van der Waals surface area contributed by atoms with Crippen LogP contribution in [0.5, 0.6) is 0 Å². The van der Waals surface area contributed by atoms with E-state index in [-0.39, 0.29) is 23.4 Å². The molecule has 1 saturated carbocycles. The third-order valence-corrected chi connectivity index (χ3v) is 3.96. The summed E-state index contributed by atoms with van der Waals surface area (Å²) in [5, 5.41) is 16.2. The van der Waals surface area contributed by atoms with Crippen LogP contribution in [0.3, 0.4) is 0 Å². The van der Waals surface area contributed by atoms with Gasteiger partial charge in [-0.1, -0.05) is 12.1 Å². The lowest BCUT2D eigenvalue weighted by Crippen LogP contribution is -2.22. The summed E-state index contributed by atoms with van der Waals surface area (Å²) < 4.78 is 0. The van der Waals surface area contributed by atoms with E-state index >= 15 is 0 Å². The minimum Gasteiger partial charge on any atom is -0.348 e. The van der Waals surface area contributed by atoms with E-state index in [9.17, 15) is 19.7 Å². The minimum atomic E-state index is -0.509. The van der Waals surface area contributed by atoms with Gasteiger partial charge in [0, 0.05) is 35.8 Å². The van der Waals surface area contributed by atoms with Crippen molar-refractivity contribution in [1.29, 1.82) is 0 Å². The molecular formula is C18H17N3O4. The Morgan fingerprint density at radius 3 is 2.24 bits per heavy atom. The van der Waals surface area contributed by atoms with Gasteiger partial charge in [0.25, 0.3) is 11.6 Å². The third kappa shape index (κ3) is 4.41. The molecule has 0 heterocycles. The summed E-state index contributed by atoms with van der Waals surface area (Å²) in [6.45, 7) is 0.326. The second kappa shape index (κ2) is 7.12. The molecule has 2 aromatic carbocycles. The van der Waals surface area contributed by atoms with Crippen molar-refractivity contribution in [2.24, 2.45) is 5.92 Å². The minimum absolute atomic E-state index is 0.0548. The average molecular weight is 339 g/mol. The van der Waals surface area contributed by atoms with Crippen LogP contribution in [0.15, 0.2) is 48.5 Å². The molecule has 2 amide bonds. The summed E-state index contributed by atoms with van der Waals surface area (Å²) in [4.78, 5) is 33.8. The van der Waals surface area contributed by atoms with Crippen molar-refractivity contribution < 1.29 is 14.5 Å². The van der Waals surface area contributed by atoms with Gasteiger partial charge in [-0.15, -0.1) is 0 Å². The van der Waals surface area contributed by atoms with Crippen LogP contribution in [-0.4, -0.2) is 16.7 Å². The number of nitrogens with one attached hydrogen (secondary N) is 2. The number of nitro benzene ring substituents is 1. The highest BCUT2D eigenvalue weighted by Gasteiger charge is 2.29. The number of hydrogen-bond donors (Lipinski definition) is 2. The van der Waals surface area contributed by atoms with Crippen molar-refractivity contribution >= 4 is 23.2 Å². The molecule has 0 spiro atoms. The molecule has 25 heavy (non-hydrogen) atoms. The number of nitrogens with zero attached hydrogens (tertiary/aromatic N) is 1. The van der Waals surface area contributed by atoms with Crippen molar-refractivity contribution in [3.8, 4) is 0 Å². The van der Waals surface area contributed by atoms with Gasteiger partial charge in [-0.3, -0.25) is 19.7 Å². The maximum atomic E-state index is 12.1. The molecule has 7 heteroatoms. The molecule has 0 radical (unpaired) electrons. The van der Waals surface area contributed by atoms with Gasteiger partial charge in [-0.05, 0) is 42.7 Å². The number of carbonyl (C=O) groups excluding carboxylic acids is 2. The molecule has 0 atom stereocenters. The molecule has 0 saturated heterocycles. The Labute approximate surface area is 144 Å². The van der Waals surface area contributed by atoms with E-state index in [4.69, 9.17) is 0 Å². The molecule has 1 aliphatic carbocycles. The third-order valence-electron chi connectivity index (χ3n) is 3.96. The van der Waals surface area contributed by atoms with Gasteiger partial charge in [-0.2, -0.15) is 0 Å². The Bertz CT molecular complexity index is 796. The monoisotopic (exact) mass is 339 g/mol. The second-order valence-corrected chi connectivity index (χ2v) is 5.95. The predicted octanol–water partition coefficient (Wildman–Crippen LogP) is 2.87. The maximum absolute atomic E-state index is 12.1. The lowest BCUT2D eigenvalue weighted by molar-refractivity contribution is -0.384. The number of amides is 2. The largest absolute Gasteiger partial charge is 0.348 e. The molecule has 1 fully saturated rings. The molecule has 128 valence electrons. The summed E-state index contributed by atoms with van der Waals surface area (Å²) >= 11 is 0. The quantitative estimate of drug-likeness (QED) is 0.624. The van der Waals surface area contributed by atoms with Crippen LogP contribution < -0.4 is 10.6 Å². The molecule has 0 bridgehead atoms. The van der Waals surface area contributed by atoms with Crippen molar-refractivity contribution in [2.45, 2.75) is 19.4 Å². The van der Waals surface area contributed by atoms with Crippen LogP contribution >= 0.6 is 0 Å². The van der Waals surface area contributed by atoms with Crippen molar-refractivity contribution in [3.05, 3.63) is 69.8 Å². The molecule has 0 aliphatic heterocycles. The van der Waals surface area contributed by atoms with Crippen molar-refractivity contribution in [2.75, 3.05) is 5.32 Å². The smallest absolute Gasteiger partial charge is 0.269 e. The standard InChI is InChI=1S/C18H17N3O4/c22-17(13-5-9-16(10-6-13)21(24)25)19-11-12-1-7-15(8-2-12)20-18(23)14-3-4-14/h1-2,5-10,14H,3-4,11H2,(H,19,22)(H,20,23). The van der Waals surface area contributed by atoms with E-state index < -0.39 is 4.92 Å². The first kappa shape index (κ1) is 16.6. The zero-order chi connectivity index (χ0) is 17.8. The number of benzene rings is 2. The van der Waals surface area contributed by atoms with Crippen LogP contribution in [0.1, 0.15) is 28.8 Å². The first-order valence-electron chi connectivity index (χ1n) is 7.95. The molecule has 2 N–H and O–H groups in total. The Morgan fingerprint density at radius 2 is 1.68 bits per heavy atom. The second-order valence-electron chi connectivity index (χ2n) is 5.95. The van der Waals surface area contributed by atoms with E-state index in [1.165, 1.54) is 24.3 Å². The van der Waals surface area contributed by atoms with E-state index in [0.29, 0.717) is 12.1 Å². The van der Waals surface area contributed by atoms with Gasteiger partial charge in [0.05, 0.1) is 4.92 Å². The summed E-state index contributed by atoms with van der Waals surface area (Å²) in [6.07, 6.45) is 1.91. The van der Waals surface area contributed by atoms with E-state index in [0.717, 1.165) is 24.1 Å². The van der Waals surface area contributed by atoms with Gasteiger partial charge < -0.3 is 10.6 Å². The lowest BCUT2D eigenvalue weighted by atomic mass is 10.1. The van der Waals surface area contributed by atoms with Gasteiger partial charge in [0.15, 0.2) is 0 Å². The SMILES string of the molecule is O=C(NCc1ccc(NC(=O)C2CC2)cc1)c1ccc([N+](=O)[O-])cc1. The Kier molecular flexibility index (Phi) is 4.74. The number of anilines is 1. The predicted molar refractivity (Wildman–Crippen MR) is 92.1 cm³/mol. The molecule has 3 rings (SSSR count). The number of nitro groups is 1. The topological polar surface area (TPSA) is 101 Å². The van der Waals surface area contributed by atoms with Crippen molar-refractivity contribution in [3.63, 3.8) is 0 Å². The van der Waals surface area contributed by atoms with Crippen LogP contribution in [0.2, 0.25) is 0 Å². The lowest BCUT2D eigenvalue weighted by Gasteiger charge is -2.08. The van der Waals surface area contributed by atoms with Crippen LogP contribution in [0, 0.1) is 16.0 Å². The zero-order valence-corrected chi connectivity index (χ0v) is 13.4. The molecular weight excluding hydrogens is 322 g/mol. The number of rotatable bonds is 6. The van der Waals surface area contributed by atoms with Crippen LogP contribution in [0.25, 0.3) is 0 Å². The maximum Gasteiger partial charge on any atom is 0.269 e. The Morgan fingerprint density at radius 1 is 1.04 bits per heavy atom. The number of hydrogen-bond acceptors (Lipinski definition) is 4. The fraction of sp³-hybridized carbons (Fsp3) is 0.222. The molecule has 7 nitrogen and oxygen atoms in total. The first-order chi connectivity index (χ1) is 12.0. The van der Waals surface area contributed by atoms with Crippen molar-refractivity contribution in [1.82, 2.24) is 5.32 Å². The first-order valence-corrected chi connectivity index (χ1v) is 7.95. The van der Waals surface area contributed by atoms with E-state index in [1.54, 1.807) is 12.1 Å². The van der Waals surface area contributed by atoms with Gasteiger partial charge in [0.2, 0.25) is 5.91 Å². The number of carbonyl (C=O) groups is 2. The molecule has 0 unspecified atom stereocenters. The van der Waals surface area contributed by atoms with Gasteiger partial charge in [-0.25, -0.2) is 0 Å². The summed E-state index contributed by atoms with van der Waals surface area (Å²) in [5.41, 5.74) is 1.93. The Balaban J connectivity index is 1.52. The van der Waals surface area contributed by atoms with E-state index in [2.05, 4.69) is 10.6 Å². The molecule has 0 aromatic heterocycles. The van der Waals surface area contributed by atoms with Crippen LogP contribution in [-0.2, 0) is 11.3 Å². The molecule has 2 aromatic rings. The normalized spacial score (nSPS) is 13.1. The highest BCUT2D eigenvalue weighted by atomic mass is 16.6. The fourth-order valence-electron chi connectivity index (χ4n) is 2.31. The van der Waals surface area contributed by atoms with Crippen LogP contribution in [0.4, 0.5) is 11.4 Å². The fourth-order valence-corrected chi connectivity index (χ4v) is 2.31. The Hall–Kier alpha value is -3.22. The summed E-state index contributed by atoms with van der Waals surface area (Å²) in [6, 6.07) is 12.7. The summed E-state index contributed by atoms with van der Waals surface area (Å²) in [5.74, 6) is -0.0964. The molecule has 1 aliphatic rings. The zero-order valence-electron chi connectivity index (χ0n) is 13.4. The summed E-state index contributed by atoms with van der Waals surface area (Å²) in [7, 11) is 0.